The Balaban J connectivity index is 1.41. The van der Waals surface area contributed by atoms with Crippen LogP contribution in [0.5, 0.6) is 5.75 Å². The van der Waals surface area contributed by atoms with Gasteiger partial charge < -0.3 is 14.7 Å². The van der Waals surface area contributed by atoms with Crippen molar-refractivity contribution < 1.29 is 14.6 Å². The van der Waals surface area contributed by atoms with Gasteiger partial charge in [0.1, 0.15) is 12.4 Å². The highest BCUT2D eigenvalue weighted by Crippen LogP contribution is 2.35. The number of pyridine rings is 1. The summed E-state index contributed by atoms with van der Waals surface area (Å²) in [6.07, 6.45) is 2.28. The van der Waals surface area contributed by atoms with Crippen molar-refractivity contribution in [3.63, 3.8) is 0 Å². The van der Waals surface area contributed by atoms with Crippen molar-refractivity contribution in [2.75, 3.05) is 13.1 Å². The van der Waals surface area contributed by atoms with Crippen molar-refractivity contribution in [3.8, 4) is 11.4 Å². The summed E-state index contributed by atoms with van der Waals surface area (Å²) in [5.41, 5.74) is 2.87. The lowest BCUT2D eigenvalue weighted by molar-refractivity contribution is 0.147. The fourth-order valence-electron chi connectivity index (χ4n) is 4.10. The van der Waals surface area contributed by atoms with E-state index in [-0.39, 0.29) is 5.56 Å². The number of rotatable bonds is 4. The lowest BCUT2D eigenvalue weighted by Crippen LogP contribution is -2.31. The zero-order valence-corrected chi connectivity index (χ0v) is 18.2. The van der Waals surface area contributed by atoms with Gasteiger partial charge in [-0.1, -0.05) is 30.3 Å². The molecule has 1 amide bonds. The summed E-state index contributed by atoms with van der Waals surface area (Å²) in [5, 5.41) is 10.4. The molecule has 6 nitrogen and oxygen atoms in total. The number of fused-ring (bicyclic) bond motifs is 3. The van der Waals surface area contributed by atoms with Crippen molar-refractivity contribution in [3.05, 3.63) is 93.2 Å². The van der Waals surface area contributed by atoms with Crippen LogP contribution in [-0.4, -0.2) is 33.8 Å². The number of carbonyl (C=O) groups is 1. The minimum Gasteiger partial charge on any atom is -0.489 e. The predicted octanol–water partition coefficient (Wildman–Crippen LogP) is 4.71. The second-order valence-electron chi connectivity index (χ2n) is 7.80. The first-order valence-corrected chi connectivity index (χ1v) is 11.3. The summed E-state index contributed by atoms with van der Waals surface area (Å²) in [6, 6.07) is 19.2. The van der Waals surface area contributed by atoms with E-state index < -0.39 is 6.09 Å². The number of hydrogen-bond acceptors (Lipinski definition) is 4. The van der Waals surface area contributed by atoms with E-state index in [9.17, 15) is 14.7 Å². The summed E-state index contributed by atoms with van der Waals surface area (Å²) < 4.78 is 8.55. The highest BCUT2D eigenvalue weighted by atomic mass is 32.1. The maximum absolute atomic E-state index is 12.8. The molecular formula is C25H22N2O4S. The molecule has 5 rings (SSSR count). The number of ether oxygens (including phenoxy) is 1. The van der Waals surface area contributed by atoms with Crippen molar-refractivity contribution in [1.29, 1.82) is 0 Å². The van der Waals surface area contributed by atoms with Crippen LogP contribution in [0.15, 0.2) is 71.7 Å². The van der Waals surface area contributed by atoms with Gasteiger partial charge in [-0.15, -0.1) is 11.3 Å². The van der Waals surface area contributed by atoms with Gasteiger partial charge in [0.15, 0.2) is 0 Å². The average Bonchev–Trinajstić information content (AvgIpc) is 3.00. The van der Waals surface area contributed by atoms with Gasteiger partial charge in [0, 0.05) is 40.6 Å². The van der Waals surface area contributed by atoms with E-state index in [1.165, 1.54) is 26.1 Å². The lowest BCUT2D eigenvalue weighted by Gasteiger charge is -2.15. The molecule has 1 aliphatic rings. The smallest absolute Gasteiger partial charge is 0.407 e. The molecule has 0 radical (unpaired) electrons. The van der Waals surface area contributed by atoms with Crippen LogP contribution in [0.25, 0.3) is 15.8 Å². The van der Waals surface area contributed by atoms with Gasteiger partial charge in [-0.25, -0.2) is 4.79 Å². The van der Waals surface area contributed by atoms with Gasteiger partial charge in [-0.3, -0.25) is 9.36 Å². The van der Waals surface area contributed by atoms with Gasteiger partial charge in [-0.2, -0.15) is 0 Å². The van der Waals surface area contributed by atoms with E-state index in [1.54, 1.807) is 28.2 Å². The monoisotopic (exact) mass is 446 g/mol. The molecule has 2 aromatic carbocycles. The molecule has 0 spiro atoms. The van der Waals surface area contributed by atoms with Crippen molar-refractivity contribution in [1.82, 2.24) is 9.47 Å². The van der Waals surface area contributed by atoms with E-state index >= 15 is 0 Å². The van der Waals surface area contributed by atoms with Gasteiger partial charge in [0.25, 0.3) is 5.56 Å². The Kier molecular flexibility index (Phi) is 5.41. The van der Waals surface area contributed by atoms with Crippen LogP contribution in [0, 0.1) is 0 Å². The van der Waals surface area contributed by atoms with E-state index in [4.69, 9.17) is 4.74 Å². The highest BCUT2D eigenvalue weighted by Gasteiger charge is 2.21. The van der Waals surface area contributed by atoms with Crippen LogP contribution in [0.2, 0.25) is 0 Å². The number of amides is 1. The molecule has 0 aliphatic carbocycles. The minimum atomic E-state index is -0.869. The molecule has 2 aromatic heterocycles. The Bertz CT molecular complexity index is 1340. The molecule has 1 aliphatic heterocycles. The van der Waals surface area contributed by atoms with Gasteiger partial charge in [-0.05, 0) is 53.6 Å². The quantitative estimate of drug-likeness (QED) is 0.493. The molecular weight excluding hydrogens is 424 g/mol. The number of benzene rings is 2. The Morgan fingerprint density at radius 3 is 2.62 bits per heavy atom. The summed E-state index contributed by atoms with van der Waals surface area (Å²) in [7, 11) is 0. The van der Waals surface area contributed by atoms with Crippen LogP contribution >= 0.6 is 11.3 Å². The first-order valence-electron chi connectivity index (χ1n) is 10.5. The highest BCUT2D eigenvalue weighted by molar-refractivity contribution is 7.19. The number of aromatic nitrogens is 1. The van der Waals surface area contributed by atoms with Crippen LogP contribution in [-0.2, 0) is 19.4 Å². The molecule has 32 heavy (non-hydrogen) atoms. The fraction of sp³-hybridized carbons (Fsp3) is 0.200. The summed E-state index contributed by atoms with van der Waals surface area (Å²) in [5.74, 6) is 0.536. The molecule has 7 heteroatoms. The molecule has 0 atom stereocenters. The first-order chi connectivity index (χ1) is 15.6. The second-order valence-corrected chi connectivity index (χ2v) is 8.94. The average molecular weight is 447 g/mol. The predicted molar refractivity (Wildman–Crippen MR) is 125 cm³/mol. The molecule has 0 bridgehead atoms. The van der Waals surface area contributed by atoms with E-state index in [2.05, 4.69) is 0 Å². The van der Waals surface area contributed by atoms with Crippen molar-refractivity contribution in [2.24, 2.45) is 0 Å². The standard InChI is InChI=1S/C25H22N2O4S/c28-24-15-19(31-16-17-4-2-1-3-5-17)8-13-27(24)18-6-7-22-21(14-18)20-9-11-26(25(29)30)12-10-23(20)32-22/h1-8,13-15H,9-12,16H2,(H,29,30). The van der Waals surface area contributed by atoms with Crippen molar-refractivity contribution >= 4 is 27.5 Å². The molecule has 3 heterocycles. The molecule has 1 N–H and O–H groups in total. The Labute approximate surface area is 188 Å². The maximum Gasteiger partial charge on any atom is 0.407 e. The zero-order valence-electron chi connectivity index (χ0n) is 17.4. The molecule has 0 fully saturated rings. The molecule has 0 unspecified atom stereocenters. The third-order valence-electron chi connectivity index (χ3n) is 5.79. The topological polar surface area (TPSA) is 71.8 Å². The van der Waals surface area contributed by atoms with Crippen molar-refractivity contribution in [2.45, 2.75) is 19.4 Å². The largest absolute Gasteiger partial charge is 0.489 e. The Hall–Kier alpha value is -3.58. The Morgan fingerprint density at radius 2 is 1.84 bits per heavy atom. The van der Waals surface area contributed by atoms with Crippen LogP contribution in [0.1, 0.15) is 16.0 Å². The van der Waals surface area contributed by atoms with E-state index in [0.717, 1.165) is 23.1 Å². The third-order valence-corrected chi connectivity index (χ3v) is 7.06. The number of thiophene rings is 1. The molecule has 0 saturated heterocycles. The van der Waals surface area contributed by atoms with Gasteiger partial charge >= 0.3 is 6.09 Å². The first kappa shape index (κ1) is 20.3. The van der Waals surface area contributed by atoms with E-state index in [1.807, 2.05) is 48.5 Å². The molecule has 162 valence electrons. The SMILES string of the molecule is O=C(O)N1CCc2sc3ccc(-n4ccc(OCc5ccccc5)cc4=O)cc3c2CC1. The third kappa shape index (κ3) is 3.99. The lowest BCUT2D eigenvalue weighted by atomic mass is 10.1. The van der Waals surface area contributed by atoms with Gasteiger partial charge in [0.05, 0.1) is 0 Å². The fourth-order valence-corrected chi connectivity index (χ4v) is 5.33. The number of nitrogens with zero attached hydrogens (tertiary/aromatic N) is 2. The molecule has 0 saturated carbocycles. The van der Waals surface area contributed by atoms with Gasteiger partial charge in [0.2, 0.25) is 0 Å². The minimum absolute atomic E-state index is 0.159. The summed E-state index contributed by atoms with van der Waals surface area (Å²) >= 11 is 1.71. The summed E-state index contributed by atoms with van der Waals surface area (Å²) in [4.78, 5) is 26.9. The van der Waals surface area contributed by atoms with E-state index in [0.29, 0.717) is 31.9 Å². The summed E-state index contributed by atoms with van der Waals surface area (Å²) in [6.45, 7) is 1.42. The normalized spacial score (nSPS) is 13.6. The Morgan fingerprint density at radius 1 is 1.03 bits per heavy atom. The molecule has 4 aromatic rings. The van der Waals surface area contributed by atoms with Crippen LogP contribution in [0.3, 0.4) is 0 Å². The maximum atomic E-state index is 12.8. The van der Waals surface area contributed by atoms with Crippen LogP contribution < -0.4 is 10.3 Å². The number of hydrogen-bond donors (Lipinski definition) is 1. The van der Waals surface area contributed by atoms with Crippen LogP contribution in [0.4, 0.5) is 4.79 Å². The second kappa shape index (κ2) is 8.51. The number of carboxylic acid groups (broad SMARTS) is 1. The zero-order chi connectivity index (χ0) is 22.1.